The molecular weight excluding hydrogens is 276 g/mol. The maximum atomic E-state index is 12.1. The van der Waals surface area contributed by atoms with E-state index in [-0.39, 0.29) is 11.8 Å². The van der Waals surface area contributed by atoms with E-state index in [1.54, 1.807) is 0 Å². The van der Waals surface area contributed by atoms with Gasteiger partial charge in [0.05, 0.1) is 0 Å². The fourth-order valence-electron chi connectivity index (χ4n) is 2.77. The van der Waals surface area contributed by atoms with Crippen LogP contribution in [0.15, 0.2) is 36.4 Å². The first kappa shape index (κ1) is 14.3. The molecule has 0 aromatic heterocycles. The number of urea groups is 1. The molecule has 2 N–H and O–H groups in total. The Morgan fingerprint density at radius 3 is 2.50 bits per heavy atom. The predicted molar refractivity (Wildman–Crippen MR) is 87.4 cm³/mol. The molecule has 3 rings (SSSR count). The van der Waals surface area contributed by atoms with Crippen molar-refractivity contribution in [3.8, 4) is 0 Å². The van der Waals surface area contributed by atoms with Gasteiger partial charge in [-0.25, -0.2) is 4.79 Å². The van der Waals surface area contributed by atoms with Gasteiger partial charge in [0.2, 0.25) is 0 Å². The van der Waals surface area contributed by atoms with Gasteiger partial charge in [-0.05, 0) is 48.7 Å². The topological polar surface area (TPSA) is 58.2 Å². The molecule has 0 bridgehead atoms. The molecule has 4 nitrogen and oxygen atoms in total. The summed E-state index contributed by atoms with van der Waals surface area (Å²) in [6.45, 7) is 3.98. The molecule has 0 unspecified atom stereocenters. The highest BCUT2D eigenvalue weighted by Gasteiger charge is 2.18. The van der Waals surface area contributed by atoms with Crippen LogP contribution in [0.25, 0.3) is 0 Å². The fraction of sp³-hybridized carbons (Fsp3) is 0.222. The summed E-state index contributed by atoms with van der Waals surface area (Å²) in [6.07, 6.45) is 0.966. The number of rotatable bonds is 2. The van der Waals surface area contributed by atoms with Crippen molar-refractivity contribution in [2.24, 2.45) is 0 Å². The number of anilines is 2. The number of amides is 2. The molecule has 0 heterocycles. The highest BCUT2D eigenvalue weighted by atomic mass is 16.2. The summed E-state index contributed by atoms with van der Waals surface area (Å²) >= 11 is 0. The van der Waals surface area contributed by atoms with Gasteiger partial charge in [-0.15, -0.1) is 0 Å². The zero-order valence-electron chi connectivity index (χ0n) is 12.7. The first-order valence-corrected chi connectivity index (χ1v) is 7.30. The lowest BCUT2D eigenvalue weighted by molar-refractivity contribution is -0.117. The monoisotopic (exact) mass is 294 g/mol. The van der Waals surface area contributed by atoms with Gasteiger partial charge in [-0.3, -0.25) is 4.79 Å². The Hall–Kier alpha value is -2.62. The summed E-state index contributed by atoms with van der Waals surface area (Å²) in [6, 6.07) is 11.2. The summed E-state index contributed by atoms with van der Waals surface area (Å²) in [4.78, 5) is 23.5. The SMILES string of the molecule is Cc1ccc(NC(=O)Nc2ccc3c(c2)CC(=O)C3)c(C)c1. The molecule has 2 aromatic rings. The average molecular weight is 294 g/mol. The van der Waals surface area contributed by atoms with Crippen molar-refractivity contribution in [1.82, 2.24) is 0 Å². The molecule has 0 aliphatic heterocycles. The number of nitrogens with one attached hydrogen (secondary N) is 2. The van der Waals surface area contributed by atoms with E-state index in [0.717, 1.165) is 27.9 Å². The normalized spacial score (nSPS) is 12.9. The minimum absolute atomic E-state index is 0.229. The standard InChI is InChI=1S/C18H18N2O2/c1-11-3-6-17(12(2)7-11)20-18(22)19-15-5-4-13-9-16(21)10-14(13)8-15/h3-8H,9-10H2,1-2H3,(H2,19,20,22). The summed E-state index contributed by atoms with van der Waals surface area (Å²) in [5.74, 6) is 0.229. The van der Waals surface area contributed by atoms with Crippen molar-refractivity contribution in [2.75, 3.05) is 10.6 Å². The molecular formula is C18H18N2O2. The van der Waals surface area contributed by atoms with Crippen LogP contribution in [0.3, 0.4) is 0 Å². The number of hydrogen-bond acceptors (Lipinski definition) is 2. The quantitative estimate of drug-likeness (QED) is 0.889. The number of hydrogen-bond donors (Lipinski definition) is 2. The Kier molecular flexibility index (Phi) is 3.67. The molecule has 22 heavy (non-hydrogen) atoms. The zero-order chi connectivity index (χ0) is 15.7. The molecule has 2 aromatic carbocycles. The first-order chi connectivity index (χ1) is 10.5. The first-order valence-electron chi connectivity index (χ1n) is 7.30. The van der Waals surface area contributed by atoms with Gasteiger partial charge >= 0.3 is 6.03 Å². The van der Waals surface area contributed by atoms with Crippen LogP contribution in [-0.2, 0) is 17.6 Å². The molecule has 0 spiro atoms. The Morgan fingerprint density at radius 1 is 0.955 bits per heavy atom. The van der Waals surface area contributed by atoms with Crippen LogP contribution in [0.2, 0.25) is 0 Å². The number of carbonyl (C=O) groups is 2. The van der Waals surface area contributed by atoms with E-state index in [2.05, 4.69) is 10.6 Å². The van der Waals surface area contributed by atoms with Gasteiger partial charge in [0, 0.05) is 24.2 Å². The Balaban J connectivity index is 1.70. The van der Waals surface area contributed by atoms with E-state index in [4.69, 9.17) is 0 Å². The molecule has 0 saturated heterocycles. The third-order valence-electron chi connectivity index (χ3n) is 3.87. The van der Waals surface area contributed by atoms with Gasteiger partial charge in [0.1, 0.15) is 5.78 Å². The van der Waals surface area contributed by atoms with E-state index in [1.165, 1.54) is 0 Å². The van der Waals surface area contributed by atoms with E-state index in [1.807, 2.05) is 50.2 Å². The largest absolute Gasteiger partial charge is 0.323 e. The number of benzene rings is 2. The van der Waals surface area contributed by atoms with E-state index >= 15 is 0 Å². The van der Waals surface area contributed by atoms with Crippen LogP contribution < -0.4 is 10.6 Å². The lowest BCUT2D eigenvalue weighted by Crippen LogP contribution is -2.20. The third kappa shape index (κ3) is 3.01. The van der Waals surface area contributed by atoms with E-state index in [0.29, 0.717) is 18.5 Å². The van der Waals surface area contributed by atoms with Gasteiger partial charge < -0.3 is 10.6 Å². The fourth-order valence-corrected chi connectivity index (χ4v) is 2.77. The third-order valence-corrected chi connectivity index (χ3v) is 3.87. The highest BCUT2D eigenvalue weighted by Crippen LogP contribution is 2.23. The summed E-state index contributed by atoms with van der Waals surface area (Å²) in [5.41, 5.74) is 5.75. The van der Waals surface area contributed by atoms with Crippen molar-refractivity contribution in [1.29, 1.82) is 0 Å². The molecule has 0 atom stereocenters. The second-order valence-electron chi connectivity index (χ2n) is 5.77. The number of carbonyl (C=O) groups excluding carboxylic acids is 2. The molecule has 0 fully saturated rings. The Labute approximate surface area is 129 Å². The van der Waals surface area contributed by atoms with E-state index < -0.39 is 0 Å². The maximum Gasteiger partial charge on any atom is 0.323 e. The van der Waals surface area contributed by atoms with Crippen molar-refractivity contribution < 1.29 is 9.59 Å². The molecule has 1 aliphatic rings. The minimum atomic E-state index is -0.281. The van der Waals surface area contributed by atoms with Crippen LogP contribution in [0.5, 0.6) is 0 Å². The lowest BCUT2D eigenvalue weighted by Gasteiger charge is -2.11. The summed E-state index contributed by atoms with van der Waals surface area (Å²) in [7, 11) is 0. The van der Waals surface area contributed by atoms with Gasteiger partial charge in [0.15, 0.2) is 0 Å². The van der Waals surface area contributed by atoms with Crippen molar-refractivity contribution in [3.05, 3.63) is 58.7 Å². The van der Waals surface area contributed by atoms with Gasteiger partial charge in [-0.1, -0.05) is 23.8 Å². The van der Waals surface area contributed by atoms with Crippen LogP contribution in [0.1, 0.15) is 22.3 Å². The van der Waals surface area contributed by atoms with Crippen molar-refractivity contribution in [3.63, 3.8) is 0 Å². The van der Waals surface area contributed by atoms with Gasteiger partial charge in [0.25, 0.3) is 0 Å². The zero-order valence-corrected chi connectivity index (χ0v) is 12.7. The smallest absolute Gasteiger partial charge is 0.308 e. The van der Waals surface area contributed by atoms with Crippen molar-refractivity contribution in [2.45, 2.75) is 26.7 Å². The van der Waals surface area contributed by atoms with Gasteiger partial charge in [-0.2, -0.15) is 0 Å². The van der Waals surface area contributed by atoms with Crippen LogP contribution >= 0.6 is 0 Å². The van der Waals surface area contributed by atoms with Crippen LogP contribution in [0, 0.1) is 13.8 Å². The second-order valence-corrected chi connectivity index (χ2v) is 5.77. The molecule has 112 valence electrons. The van der Waals surface area contributed by atoms with Crippen molar-refractivity contribution >= 4 is 23.2 Å². The Bertz CT molecular complexity index is 766. The number of fused-ring (bicyclic) bond motifs is 1. The summed E-state index contributed by atoms with van der Waals surface area (Å²) in [5, 5.41) is 5.66. The maximum absolute atomic E-state index is 12.1. The average Bonchev–Trinajstić information content (AvgIpc) is 2.81. The molecule has 4 heteroatoms. The number of aryl methyl sites for hydroxylation is 2. The predicted octanol–water partition coefficient (Wildman–Crippen LogP) is 3.62. The second kappa shape index (κ2) is 5.64. The van der Waals surface area contributed by atoms with Crippen LogP contribution in [-0.4, -0.2) is 11.8 Å². The lowest BCUT2D eigenvalue weighted by atomic mass is 10.1. The summed E-state index contributed by atoms with van der Waals surface area (Å²) < 4.78 is 0. The van der Waals surface area contributed by atoms with Crippen LogP contribution in [0.4, 0.5) is 16.2 Å². The molecule has 0 saturated carbocycles. The number of ketones is 1. The number of Topliss-reactive ketones (excluding diaryl/α,β-unsaturated/α-hetero) is 1. The Morgan fingerprint density at radius 2 is 1.73 bits per heavy atom. The van der Waals surface area contributed by atoms with E-state index in [9.17, 15) is 9.59 Å². The molecule has 2 amide bonds. The minimum Gasteiger partial charge on any atom is -0.308 e. The highest BCUT2D eigenvalue weighted by molar-refractivity contribution is 6.00. The molecule has 1 aliphatic carbocycles. The molecule has 0 radical (unpaired) electrons.